The van der Waals surface area contributed by atoms with Gasteiger partial charge in [-0.2, -0.15) is 0 Å². The van der Waals surface area contributed by atoms with Crippen LogP contribution in [0.5, 0.6) is 0 Å². The van der Waals surface area contributed by atoms with Gasteiger partial charge < -0.3 is 9.88 Å². The van der Waals surface area contributed by atoms with Gasteiger partial charge >= 0.3 is 0 Å². The second-order valence-corrected chi connectivity index (χ2v) is 4.48. The Morgan fingerprint density at radius 3 is 2.62 bits per heavy atom. The molecule has 1 unspecified atom stereocenters. The molecular weight excluding hydrogens is 204 g/mol. The highest BCUT2D eigenvalue weighted by molar-refractivity contribution is 5.95. The van der Waals surface area contributed by atoms with Crippen LogP contribution in [0.15, 0.2) is 10.9 Å². The third-order valence-corrected chi connectivity index (χ3v) is 3.16. The molecule has 86 valence electrons. The molecule has 1 aliphatic rings. The van der Waals surface area contributed by atoms with Gasteiger partial charge in [-0.05, 0) is 38.8 Å². The van der Waals surface area contributed by atoms with E-state index in [1.165, 1.54) is 0 Å². The van der Waals surface area contributed by atoms with Crippen molar-refractivity contribution in [2.45, 2.75) is 33.2 Å². The molecule has 0 aromatic carbocycles. The Bertz CT molecular complexity index is 490. The Hall–Kier alpha value is -1.58. The minimum atomic E-state index is -0.276. The summed E-state index contributed by atoms with van der Waals surface area (Å²) in [5.41, 5.74) is 1.56. The number of hydrogen-bond acceptors (Lipinski definition) is 2. The van der Waals surface area contributed by atoms with Crippen LogP contribution in [0.2, 0.25) is 0 Å². The molecule has 0 bridgehead atoms. The zero-order valence-electron chi connectivity index (χ0n) is 9.83. The molecule has 1 N–H and O–H groups in total. The molecule has 0 saturated carbocycles. The molecule has 1 saturated heterocycles. The minimum absolute atomic E-state index is 0.141. The number of aromatic amines is 1. The van der Waals surface area contributed by atoms with Crippen molar-refractivity contribution >= 4 is 5.91 Å². The van der Waals surface area contributed by atoms with Crippen LogP contribution >= 0.6 is 0 Å². The highest BCUT2D eigenvalue weighted by Crippen LogP contribution is 2.19. The molecule has 1 aromatic rings. The summed E-state index contributed by atoms with van der Waals surface area (Å²) < 4.78 is 0. The van der Waals surface area contributed by atoms with Crippen LogP contribution in [0.3, 0.4) is 0 Å². The highest BCUT2D eigenvalue weighted by Gasteiger charge is 2.31. The van der Waals surface area contributed by atoms with Crippen molar-refractivity contribution in [2.75, 3.05) is 6.54 Å². The van der Waals surface area contributed by atoms with Crippen LogP contribution in [0.1, 0.15) is 35.0 Å². The SMILES string of the molecule is Cc1cc(C)c(C(=O)N2CCC2C)c(=O)[nH]1. The Labute approximate surface area is 94.3 Å². The van der Waals surface area contributed by atoms with Crippen molar-refractivity contribution in [3.05, 3.63) is 33.2 Å². The van der Waals surface area contributed by atoms with Gasteiger partial charge in [0.2, 0.25) is 0 Å². The molecule has 4 nitrogen and oxygen atoms in total. The lowest BCUT2D eigenvalue weighted by atomic mass is 10.0. The van der Waals surface area contributed by atoms with Gasteiger partial charge in [0.25, 0.3) is 11.5 Å². The fourth-order valence-corrected chi connectivity index (χ4v) is 2.08. The van der Waals surface area contributed by atoms with E-state index in [0.717, 1.165) is 24.2 Å². The molecule has 1 atom stereocenters. The summed E-state index contributed by atoms with van der Waals surface area (Å²) >= 11 is 0. The second-order valence-electron chi connectivity index (χ2n) is 4.48. The number of rotatable bonds is 1. The number of pyridine rings is 1. The molecule has 0 radical (unpaired) electrons. The largest absolute Gasteiger partial charge is 0.336 e. The lowest BCUT2D eigenvalue weighted by molar-refractivity contribution is 0.0499. The number of amides is 1. The van der Waals surface area contributed by atoms with E-state index in [1.807, 2.05) is 19.9 Å². The molecule has 1 aliphatic heterocycles. The Balaban J connectivity index is 2.41. The van der Waals surface area contributed by atoms with Gasteiger partial charge in [-0.3, -0.25) is 9.59 Å². The molecule has 0 spiro atoms. The predicted octanol–water partition coefficient (Wildman–Crippen LogP) is 1.23. The summed E-state index contributed by atoms with van der Waals surface area (Å²) in [6.07, 6.45) is 1.02. The van der Waals surface area contributed by atoms with Crippen molar-refractivity contribution in [1.82, 2.24) is 9.88 Å². The number of likely N-dealkylation sites (tertiary alicyclic amines) is 1. The quantitative estimate of drug-likeness (QED) is 0.773. The van der Waals surface area contributed by atoms with Gasteiger partial charge in [0, 0.05) is 18.3 Å². The predicted molar refractivity (Wildman–Crippen MR) is 61.7 cm³/mol. The molecule has 1 amide bonds. The zero-order chi connectivity index (χ0) is 11.9. The summed E-state index contributed by atoms with van der Waals surface area (Å²) in [6.45, 7) is 6.38. The molecule has 0 aliphatic carbocycles. The number of aromatic nitrogens is 1. The second kappa shape index (κ2) is 3.77. The van der Waals surface area contributed by atoms with Crippen LogP contribution in [0.4, 0.5) is 0 Å². The van der Waals surface area contributed by atoms with Crippen molar-refractivity contribution in [3.63, 3.8) is 0 Å². The normalized spacial score (nSPS) is 19.4. The number of nitrogens with one attached hydrogen (secondary N) is 1. The van der Waals surface area contributed by atoms with E-state index in [0.29, 0.717) is 0 Å². The van der Waals surface area contributed by atoms with Gasteiger partial charge in [-0.25, -0.2) is 0 Å². The summed E-state index contributed by atoms with van der Waals surface area (Å²) in [5.74, 6) is -0.141. The van der Waals surface area contributed by atoms with Crippen molar-refractivity contribution in [2.24, 2.45) is 0 Å². The monoisotopic (exact) mass is 220 g/mol. The standard InChI is InChI=1S/C12H16N2O2/c1-7-6-8(2)13-11(15)10(7)12(16)14-5-4-9(14)3/h6,9H,4-5H2,1-3H3,(H,13,15). The third kappa shape index (κ3) is 1.64. The maximum Gasteiger partial charge on any atom is 0.261 e. The van der Waals surface area contributed by atoms with Gasteiger partial charge in [-0.15, -0.1) is 0 Å². The average molecular weight is 220 g/mol. The maximum absolute atomic E-state index is 12.1. The van der Waals surface area contributed by atoms with Crippen molar-refractivity contribution < 1.29 is 4.79 Å². The Kier molecular flexibility index (Phi) is 2.58. The first kappa shape index (κ1) is 10.9. The summed E-state index contributed by atoms with van der Waals surface area (Å²) in [5, 5.41) is 0. The summed E-state index contributed by atoms with van der Waals surface area (Å²) in [6, 6.07) is 2.09. The van der Waals surface area contributed by atoms with E-state index >= 15 is 0 Å². The van der Waals surface area contributed by atoms with E-state index in [1.54, 1.807) is 11.8 Å². The van der Waals surface area contributed by atoms with Gasteiger partial charge in [-0.1, -0.05) is 0 Å². The van der Waals surface area contributed by atoms with Gasteiger partial charge in [0.05, 0.1) is 0 Å². The fourth-order valence-electron chi connectivity index (χ4n) is 2.08. The van der Waals surface area contributed by atoms with E-state index in [9.17, 15) is 9.59 Å². The first-order chi connectivity index (χ1) is 7.50. The number of carbonyl (C=O) groups excluding carboxylic acids is 1. The number of hydrogen-bond donors (Lipinski definition) is 1. The first-order valence-corrected chi connectivity index (χ1v) is 5.52. The zero-order valence-corrected chi connectivity index (χ0v) is 9.83. The third-order valence-electron chi connectivity index (χ3n) is 3.16. The number of nitrogens with zero attached hydrogens (tertiary/aromatic N) is 1. The molecule has 2 heterocycles. The smallest absolute Gasteiger partial charge is 0.261 e. The van der Waals surface area contributed by atoms with Crippen LogP contribution in [-0.4, -0.2) is 28.4 Å². The van der Waals surface area contributed by atoms with E-state index in [2.05, 4.69) is 4.98 Å². The number of H-pyrrole nitrogens is 1. The molecule has 2 rings (SSSR count). The van der Waals surface area contributed by atoms with Crippen LogP contribution < -0.4 is 5.56 Å². The van der Waals surface area contributed by atoms with E-state index in [-0.39, 0.29) is 23.1 Å². The summed E-state index contributed by atoms with van der Waals surface area (Å²) in [7, 11) is 0. The Morgan fingerprint density at radius 1 is 1.50 bits per heavy atom. The van der Waals surface area contributed by atoms with Crippen LogP contribution in [-0.2, 0) is 0 Å². The van der Waals surface area contributed by atoms with Crippen LogP contribution in [0, 0.1) is 13.8 Å². The molecule has 4 heteroatoms. The maximum atomic E-state index is 12.1. The van der Waals surface area contributed by atoms with Crippen molar-refractivity contribution in [3.8, 4) is 0 Å². The first-order valence-electron chi connectivity index (χ1n) is 5.52. The lowest BCUT2D eigenvalue weighted by Gasteiger charge is -2.38. The van der Waals surface area contributed by atoms with Gasteiger partial charge in [0.15, 0.2) is 0 Å². The highest BCUT2D eigenvalue weighted by atomic mass is 16.2. The van der Waals surface area contributed by atoms with Crippen molar-refractivity contribution in [1.29, 1.82) is 0 Å². The number of aryl methyl sites for hydroxylation is 2. The molecule has 16 heavy (non-hydrogen) atoms. The molecule has 1 aromatic heterocycles. The van der Waals surface area contributed by atoms with Gasteiger partial charge in [0.1, 0.15) is 5.56 Å². The van der Waals surface area contributed by atoms with E-state index < -0.39 is 0 Å². The van der Waals surface area contributed by atoms with E-state index in [4.69, 9.17) is 0 Å². The summed E-state index contributed by atoms with van der Waals surface area (Å²) in [4.78, 5) is 28.3. The average Bonchev–Trinajstić information content (AvgIpc) is 2.13. The lowest BCUT2D eigenvalue weighted by Crippen LogP contribution is -2.50. The minimum Gasteiger partial charge on any atom is -0.336 e. The Morgan fingerprint density at radius 2 is 2.19 bits per heavy atom. The molecule has 1 fully saturated rings. The number of carbonyl (C=O) groups is 1. The fraction of sp³-hybridized carbons (Fsp3) is 0.500. The van der Waals surface area contributed by atoms with Crippen LogP contribution in [0.25, 0.3) is 0 Å². The molecular formula is C12H16N2O2. The topological polar surface area (TPSA) is 53.2 Å².